The average molecular weight is 456 g/mol. The summed E-state index contributed by atoms with van der Waals surface area (Å²) < 4.78 is 0.900. The Labute approximate surface area is 170 Å². The first-order chi connectivity index (χ1) is 12.0. The Morgan fingerprint density at radius 1 is 1.23 bits per heavy atom. The highest BCUT2D eigenvalue weighted by Crippen LogP contribution is 2.30. The van der Waals surface area contributed by atoms with Crippen molar-refractivity contribution in [2.24, 2.45) is 5.73 Å². The quantitative estimate of drug-likeness (QED) is 0.532. The lowest BCUT2D eigenvalue weighted by Crippen LogP contribution is -2.37. The summed E-state index contributed by atoms with van der Waals surface area (Å²) in [5.74, 6) is 0.113. The van der Waals surface area contributed by atoms with Crippen LogP contribution in [0.2, 0.25) is 5.02 Å². The Morgan fingerprint density at radius 3 is 2.69 bits per heavy atom. The largest absolute Gasteiger partial charge is 0.320 e. The topological polar surface area (TPSA) is 83.8 Å². The van der Waals surface area contributed by atoms with Gasteiger partial charge in [-0.3, -0.25) is 9.89 Å². The third-order valence-corrected chi connectivity index (χ3v) is 4.51. The van der Waals surface area contributed by atoms with Gasteiger partial charge in [-0.05, 0) is 30.2 Å². The number of nitrogens with one attached hydrogen (secondary N) is 2. The first-order valence-corrected chi connectivity index (χ1v) is 8.81. The van der Waals surface area contributed by atoms with Gasteiger partial charge in [-0.15, -0.1) is 12.4 Å². The van der Waals surface area contributed by atoms with E-state index in [0.717, 1.165) is 15.6 Å². The van der Waals surface area contributed by atoms with Crippen LogP contribution in [0.15, 0.2) is 59.1 Å². The predicted molar refractivity (Wildman–Crippen MR) is 111 cm³/mol. The highest BCUT2D eigenvalue weighted by molar-refractivity contribution is 9.10. The second-order valence-corrected chi connectivity index (χ2v) is 6.90. The number of nitrogens with two attached hydrogens (primary N) is 1. The molecule has 0 radical (unpaired) electrons. The van der Waals surface area contributed by atoms with Crippen molar-refractivity contribution in [1.29, 1.82) is 0 Å². The molecule has 0 aliphatic heterocycles. The first kappa shape index (κ1) is 20.5. The number of carbonyl (C=O) groups excluding carboxylic acids is 1. The summed E-state index contributed by atoms with van der Waals surface area (Å²) in [6.07, 6.45) is 0.460. The van der Waals surface area contributed by atoms with Gasteiger partial charge < -0.3 is 11.1 Å². The van der Waals surface area contributed by atoms with Gasteiger partial charge in [0.25, 0.3) is 0 Å². The Hall–Kier alpha value is -1.86. The fourth-order valence-corrected chi connectivity index (χ4v) is 2.99. The van der Waals surface area contributed by atoms with Crippen molar-refractivity contribution in [1.82, 2.24) is 10.2 Å². The van der Waals surface area contributed by atoms with Gasteiger partial charge in [-0.25, -0.2) is 0 Å². The molecule has 8 heteroatoms. The van der Waals surface area contributed by atoms with Gasteiger partial charge in [0.1, 0.15) is 0 Å². The number of hydrogen-bond acceptors (Lipinski definition) is 3. The average Bonchev–Trinajstić information content (AvgIpc) is 3.06. The molecule has 4 N–H and O–H groups in total. The number of benzene rings is 2. The summed E-state index contributed by atoms with van der Waals surface area (Å²) in [4.78, 5) is 12.3. The smallest absolute Gasteiger partial charge is 0.242 e. The van der Waals surface area contributed by atoms with Crippen LogP contribution in [0.4, 0.5) is 5.82 Å². The Bertz CT molecular complexity index is 886. The normalized spacial score (nSPS) is 11.5. The van der Waals surface area contributed by atoms with Crippen molar-refractivity contribution in [3.63, 3.8) is 0 Å². The fraction of sp³-hybridized carbons (Fsp3) is 0.111. The van der Waals surface area contributed by atoms with E-state index in [1.165, 1.54) is 0 Å². The van der Waals surface area contributed by atoms with Crippen molar-refractivity contribution >= 4 is 51.7 Å². The van der Waals surface area contributed by atoms with E-state index in [-0.39, 0.29) is 18.3 Å². The van der Waals surface area contributed by atoms with E-state index in [4.69, 9.17) is 17.3 Å². The molecule has 3 aromatic rings. The van der Waals surface area contributed by atoms with Crippen LogP contribution >= 0.6 is 39.9 Å². The molecule has 26 heavy (non-hydrogen) atoms. The molecular weight excluding hydrogens is 439 g/mol. The van der Waals surface area contributed by atoms with E-state index in [1.54, 1.807) is 12.1 Å². The maximum atomic E-state index is 12.3. The molecule has 0 saturated carbocycles. The second kappa shape index (κ2) is 9.19. The zero-order valence-corrected chi connectivity index (χ0v) is 16.7. The van der Waals surface area contributed by atoms with Gasteiger partial charge in [0.05, 0.1) is 16.8 Å². The summed E-state index contributed by atoms with van der Waals surface area (Å²) in [5, 5.41) is 10.3. The Morgan fingerprint density at radius 2 is 1.96 bits per heavy atom. The van der Waals surface area contributed by atoms with Gasteiger partial charge in [-0.1, -0.05) is 57.9 Å². The number of carbonyl (C=O) groups is 1. The zero-order chi connectivity index (χ0) is 17.8. The van der Waals surface area contributed by atoms with E-state index < -0.39 is 6.04 Å². The molecule has 0 spiro atoms. The molecule has 1 aromatic heterocycles. The van der Waals surface area contributed by atoms with E-state index in [2.05, 4.69) is 31.4 Å². The molecule has 0 fully saturated rings. The molecule has 1 heterocycles. The van der Waals surface area contributed by atoms with Crippen LogP contribution in [0.5, 0.6) is 0 Å². The van der Waals surface area contributed by atoms with Crippen LogP contribution in [0.3, 0.4) is 0 Å². The minimum atomic E-state index is -0.656. The predicted octanol–water partition coefficient (Wildman–Crippen LogP) is 4.42. The summed E-state index contributed by atoms with van der Waals surface area (Å²) in [6, 6.07) is 16.2. The number of halogens is 3. The standard InChI is InChI=1S/C18H16BrClN4O.ClH/c19-12-6-7-14(20)13(9-12)16-10-17(24-23-16)22-18(25)15(21)8-11-4-2-1-3-5-11;/h1-7,9-10,15H,8,21H2,(H2,22,23,24,25);1H. The number of aromatic amines is 1. The maximum Gasteiger partial charge on any atom is 0.242 e. The van der Waals surface area contributed by atoms with Crippen LogP contribution in [0.1, 0.15) is 5.56 Å². The Balaban J connectivity index is 0.00000243. The summed E-state index contributed by atoms with van der Waals surface area (Å²) in [7, 11) is 0. The molecule has 2 aromatic carbocycles. The van der Waals surface area contributed by atoms with Crippen molar-refractivity contribution in [3.05, 3.63) is 69.7 Å². The minimum absolute atomic E-state index is 0. The highest BCUT2D eigenvalue weighted by Gasteiger charge is 2.16. The number of hydrogen-bond donors (Lipinski definition) is 3. The van der Waals surface area contributed by atoms with Crippen molar-refractivity contribution in [2.45, 2.75) is 12.5 Å². The molecule has 1 amide bonds. The van der Waals surface area contributed by atoms with E-state index in [1.807, 2.05) is 42.5 Å². The lowest BCUT2D eigenvalue weighted by atomic mass is 10.1. The fourth-order valence-electron chi connectivity index (χ4n) is 2.41. The number of amides is 1. The number of aromatic nitrogens is 2. The number of rotatable bonds is 5. The lowest BCUT2D eigenvalue weighted by molar-refractivity contribution is -0.117. The monoisotopic (exact) mass is 454 g/mol. The van der Waals surface area contributed by atoms with E-state index in [9.17, 15) is 4.79 Å². The molecule has 3 rings (SSSR count). The van der Waals surface area contributed by atoms with Crippen molar-refractivity contribution in [2.75, 3.05) is 5.32 Å². The molecule has 0 bridgehead atoms. The Kier molecular flexibility index (Phi) is 7.23. The molecule has 0 saturated heterocycles. The third-order valence-electron chi connectivity index (χ3n) is 3.68. The molecule has 0 aliphatic rings. The van der Waals surface area contributed by atoms with Gasteiger partial charge in [-0.2, -0.15) is 5.10 Å². The number of nitrogens with zero attached hydrogens (tertiary/aromatic N) is 1. The summed E-state index contributed by atoms with van der Waals surface area (Å²) >= 11 is 9.62. The molecule has 136 valence electrons. The lowest BCUT2D eigenvalue weighted by Gasteiger charge is -2.10. The minimum Gasteiger partial charge on any atom is -0.320 e. The second-order valence-electron chi connectivity index (χ2n) is 5.58. The number of anilines is 1. The first-order valence-electron chi connectivity index (χ1n) is 7.64. The van der Waals surface area contributed by atoms with Crippen LogP contribution in [-0.4, -0.2) is 22.1 Å². The number of H-pyrrole nitrogens is 1. The van der Waals surface area contributed by atoms with Gasteiger partial charge in [0.2, 0.25) is 5.91 Å². The van der Waals surface area contributed by atoms with Crippen LogP contribution in [0, 0.1) is 0 Å². The molecule has 1 atom stereocenters. The van der Waals surface area contributed by atoms with Gasteiger partial charge in [0, 0.05) is 16.1 Å². The summed E-state index contributed by atoms with van der Waals surface area (Å²) in [6.45, 7) is 0. The molecule has 5 nitrogen and oxygen atoms in total. The van der Waals surface area contributed by atoms with Gasteiger partial charge in [0.15, 0.2) is 5.82 Å². The van der Waals surface area contributed by atoms with Gasteiger partial charge >= 0.3 is 0 Å². The van der Waals surface area contributed by atoms with Crippen LogP contribution in [-0.2, 0) is 11.2 Å². The maximum absolute atomic E-state index is 12.3. The molecule has 1 unspecified atom stereocenters. The van der Waals surface area contributed by atoms with E-state index >= 15 is 0 Å². The van der Waals surface area contributed by atoms with Crippen LogP contribution < -0.4 is 11.1 Å². The SMILES string of the molecule is Cl.NC(Cc1ccccc1)C(=O)Nc1cc(-c2cc(Br)ccc2Cl)[nH]n1. The highest BCUT2D eigenvalue weighted by atomic mass is 79.9. The summed E-state index contributed by atoms with van der Waals surface area (Å²) in [5.41, 5.74) is 8.49. The van der Waals surface area contributed by atoms with Crippen LogP contribution in [0.25, 0.3) is 11.3 Å². The molecule has 0 aliphatic carbocycles. The third kappa shape index (κ3) is 5.08. The van der Waals surface area contributed by atoms with Crippen molar-refractivity contribution < 1.29 is 4.79 Å². The van der Waals surface area contributed by atoms with E-state index in [0.29, 0.717) is 23.0 Å². The molecular formula is C18H17BrCl2N4O. The zero-order valence-electron chi connectivity index (χ0n) is 13.6. The van der Waals surface area contributed by atoms with Crippen molar-refractivity contribution in [3.8, 4) is 11.3 Å².